The van der Waals surface area contributed by atoms with Gasteiger partial charge >= 0.3 is 0 Å². The zero-order valence-electron chi connectivity index (χ0n) is 10.9. The Balaban J connectivity index is 2.37. The topological polar surface area (TPSA) is 15.3 Å². The molecule has 1 heterocycles. The second kappa shape index (κ2) is 7.05. The lowest BCUT2D eigenvalue weighted by Crippen LogP contribution is -2.38. The van der Waals surface area contributed by atoms with Gasteiger partial charge in [-0.15, -0.1) is 11.3 Å². The van der Waals surface area contributed by atoms with E-state index in [4.69, 9.17) is 0 Å². The quantitative estimate of drug-likeness (QED) is 0.788. The lowest BCUT2D eigenvalue weighted by Gasteiger charge is -2.29. The molecule has 92 valence electrons. The molecule has 0 aliphatic rings. The van der Waals surface area contributed by atoms with Gasteiger partial charge in [-0.25, -0.2) is 0 Å². The van der Waals surface area contributed by atoms with Crippen LogP contribution in [0.25, 0.3) is 0 Å². The summed E-state index contributed by atoms with van der Waals surface area (Å²) in [6, 6.07) is 4.95. The molecule has 2 unspecified atom stereocenters. The molecule has 16 heavy (non-hydrogen) atoms. The highest BCUT2D eigenvalue weighted by Crippen LogP contribution is 2.15. The Morgan fingerprint density at radius 1 is 1.44 bits per heavy atom. The molecule has 0 aliphatic carbocycles. The lowest BCUT2D eigenvalue weighted by atomic mass is 10.0. The summed E-state index contributed by atoms with van der Waals surface area (Å²) in [4.78, 5) is 3.89. The molecule has 0 saturated heterocycles. The highest BCUT2D eigenvalue weighted by molar-refractivity contribution is 7.09. The number of hydrogen-bond acceptors (Lipinski definition) is 3. The highest BCUT2D eigenvalue weighted by atomic mass is 32.1. The Bertz CT molecular complexity index is 271. The molecule has 0 aliphatic heterocycles. The fourth-order valence-corrected chi connectivity index (χ4v) is 2.54. The van der Waals surface area contributed by atoms with Crippen LogP contribution in [-0.2, 0) is 6.54 Å². The van der Waals surface area contributed by atoms with Gasteiger partial charge in [-0.05, 0) is 44.4 Å². The molecule has 1 aromatic heterocycles. The molecular weight excluding hydrogens is 216 g/mol. The zero-order valence-corrected chi connectivity index (χ0v) is 11.7. The zero-order chi connectivity index (χ0) is 12.0. The van der Waals surface area contributed by atoms with Gasteiger partial charge in [0.05, 0.1) is 0 Å². The van der Waals surface area contributed by atoms with Crippen molar-refractivity contribution in [2.45, 2.75) is 33.4 Å². The van der Waals surface area contributed by atoms with Crippen molar-refractivity contribution in [3.63, 3.8) is 0 Å². The Hall–Kier alpha value is -0.380. The maximum atomic E-state index is 3.42. The molecule has 0 bridgehead atoms. The van der Waals surface area contributed by atoms with Gasteiger partial charge in [-0.2, -0.15) is 0 Å². The van der Waals surface area contributed by atoms with Crippen molar-refractivity contribution in [1.29, 1.82) is 0 Å². The highest BCUT2D eigenvalue weighted by Gasteiger charge is 2.16. The van der Waals surface area contributed by atoms with Crippen molar-refractivity contribution in [3.8, 4) is 0 Å². The van der Waals surface area contributed by atoms with Crippen molar-refractivity contribution in [2.75, 3.05) is 20.1 Å². The lowest BCUT2D eigenvalue weighted by molar-refractivity contribution is 0.190. The minimum absolute atomic E-state index is 0.612. The molecule has 0 radical (unpaired) electrons. The van der Waals surface area contributed by atoms with E-state index in [1.165, 1.54) is 4.88 Å². The van der Waals surface area contributed by atoms with Crippen molar-refractivity contribution in [2.24, 2.45) is 5.92 Å². The van der Waals surface area contributed by atoms with E-state index in [0.717, 1.165) is 19.6 Å². The van der Waals surface area contributed by atoms with Gasteiger partial charge in [0, 0.05) is 17.5 Å². The van der Waals surface area contributed by atoms with Crippen molar-refractivity contribution >= 4 is 11.3 Å². The largest absolute Gasteiger partial charge is 0.317 e. The van der Waals surface area contributed by atoms with Crippen molar-refractivity contribution in [3.05, 3.63) is 22.4 Å². The molecule has 0 amide bonds. The van der Waals surface area contributed by atoms with E-state index in [0.29, 0.717) is 12.0 Å². The fraction of sp³-hybridized carbons (Fsp3) is 0.692. The molecule has 2 nitrogen and oxygen atoms in total. The molecule has 1 rings (SSSR count). The Kier molecular flexibility index (Phi) is 6.03. The van der Waals surface area contributed by atoms with Crippen LogP contribution in [0.4, 0.5) is 0 Å². The van der Waals surface area contributed by atoms with Gasteiger partial charge in [-0.3, -0.25) is 4.90 Å². The molecule has 1 aromatic rings. The summed E-state index contributed by atoms with van der Waals surface area (Å²) in [5.41, 5.74) is 0. The summed E-state index contributed by atoms with van der Waals surface area (Å²) in [5.74, 6) is 0.685. The summed E-state index contributed by atoms with van der Waals surface area (Å²) >= 11 is 1.84. The minimum Gasteiger partial charge on any atom is -0.317 e. The van der Waals surface area contributed by atoms with Crippen molar-refractivity contribution in [1.82, 2.24) is 10.2 Å². The van der Waals surface area contributed by atoms with Crippen LogP contribution in [0, 0.1) is 5.92 Å². The fourth-order valence-electron chi connectivity index (χ4n) is 1.77. The third-order valence-corrected chi connectivity index (χ3v) is 4.08. The van der Waals surface area contributed by atoms with Gasteiger partial charge in [0.1, 0.15) is 0 Å². The van der Waals surface area contributed by atoms with E-state index in [2.05, 4.69) is 55.5 Å². The van der Waals surface area contributed by atoms with E-state index < -0.39 is 0 Å². The van der Waals surface area contributed by atoms with E-state index in [-0.39, 0.29) is 0 Å². The van der Waals surface area contributed by atoms with E-state index >= 15 is 0 Å². The second-order valence-corrected chi connectivity index (χ2v) is 5.55. The van der Waals surface area contributed by atoms with E-state index in [1.54, 1.807) is 0 Å². The molecule has 2 atom stereocenters. The molecule has 0 aromatic carbocycles. The molecule has 0 fully saturated rings. The van der Waals surface area contributed by atoms with Gasteiger partial charge < -0.3 is 5.32 Å². The first kappa shape index (κ1) is 13.7. The Morgan fingerprint density at radius 2 is 2.19 bits per heavy atom. The van der Waals surface area contributed by atoms with Crippen LogP contribution >= 0.6 is 11.3 Å². The first-order valence-electron chi connectivity index (χ1n) is 6.08. The molecule has 0 spiro atoms. The monoisotopic (exact) mass is 240 g/mol. The number of hydrogen-bond donors (Lipinski definition) is 1. The average Bonchev–Trinajstić information content (AvgIpc) is 2.77. The van der Waals surface area contributed by atoms with Crippen LogP contribution in [0.15, 0.2) is 17.5 Å². The van der Waals surface area contributed by atoms with Gasteiger partial charge in [-0.1, -0.05) is 19.9 Å². The third kappa shape index (κ3) is 4.24. The summed E-state index contributed by atoms with van der Waals surface area (Å²) < 4.78 is 0. The van der Waals surface area contributed by atoms with E-state index in [9.17, 15) is 0 Å². The molecule has 3 heteroatoms. The standard InChI is InChI=1S/C13H24N2S/c1-5-14-9-11(2)12(3)15(4)10-13-7-6-8-16-13/h6-8,11-12,14H,5,9-10H2,1-4H3. The second-order valence-electron chi connectivity index (χ2n) is 4.52. The Labute approximate surface area is 104 Å². The smallest absolute Gasteiger partial charge is 0.0327 e. The number of rotatable bonds is 7. The van der Waals surface area contributed by atoms with Gasteiger partial charge in [0.2, 0.25) is 0 Å². The third-order valence-electron chi connectivity index (χ3n) is 3.22. The SMILES string of the molecule is CCNCC(C)C(C)N(C)Cc1cccs1. The first-order valence-corrected chi connectivity index (χ1v) is 6.96. The van der Waals surface area contributed by atoms with Crippen LogP contribution in [0.1, 0.15) is 25.6 Å². The maximum Gasteiger partial charge on any atom is 0.0327 e. The van der Waals surface area contributed by atoms with Crippen molar-refractivity contribution < 1.29 is 0 Å². The van der Waals surface area contributed by atoms with Gasteiger partial charge in [0.25, 0.3) is 0 Å². The average molecular weight is 240 g/mol. The minimum atomic E-state index is 0.612. The molecule has 0 saturated carbocycles. The van der Waals surface area contributed by atoms with Crippen LogP contribution in [0.5, 0.6) is 0 Å². The number of thiophene rings is 1. The summed E-state index contributed by atoms with van der Waals surface area (Å²) in [5, 5.41) is 5.57. The summed E-state index contributed by atoms with van der Waals surface area (Å²) in [6.45, 7) is 10.0. The number of nitrogens with one attached hydrogen (secondary N) is 1. The van der Waals surface area contributed by atoms with Gasteiger partial charge in [0.15, 0.2) is 0 Å². The Morgan fingerprint density at radius 3 is 2.75 bits per heavy atom. The van der Waals surface area contributed by atoms with Crippen LogP contribution in [0.3, 0.4) is 0 Å². The summed E-state index contributed by atoms with van der Waals surface area (Å²) in [6.07, 6.45) is 0. The molecule has 1 N–H and O–H groups in total. The summed E-state index contributed by atoms with van der Waals surface area (Å²) in [7, 11) is 2.22. The number of nitrogens with zero attached hydrogens (tertiary/aromatic N) is 1. The first-order chi connectivity index (χ1) is 7.65. The predicted molar refractivity (Wildman–Crippen MR) is 73.0 cm³/mol. The maximum absolute atomic E-state index is 3.42. The van der Waals surface area contributed by atoms with Crippen LogP contribution in [-0.4, -0.2) is 31.1 Å². The van der Waals surface area contributed by atoms with Crippen LogP contribution < -0.4 is 5.32 Å². The van der Waals surface area contributed by atoms with E-state index in [1.807, 2.05) is 11.3 Å². The normalized spacial score (nSPS) is 15.3. The predicted octanol–water partition coefficient (Wildman–Crippen LogP) is 2.81. The van der Waals surface area contributed by atoms with Crippen LogP contribution in [0.2, 0.25) is 0 Å². The molecular formula is C13H24N2S.